The number of nitrogens with two attached hydrogens (primary N) is 1. The summed E-state index contributed by atoms with van der Waals surface area (Å²) < 4.78 is 0.863. The van der Waals surface area contributed by atoms with E-state index in [0.29, 0.717) is 5.82 Å². The highest BCUT2D eigenvalue weighted by Gasteiger charge is 1.93. The van der Waals surface area contributed by atoms with Crippen LogP contribution in [0.3, 0.4) is 0 Å². The van der Waals surface area contributed by atoms with Gasteiger partial charge in [-0.3, -0.25) is 0 Å². The number of rotatable bonds is 0. The topological polar surface area (TPSA) is 38.9 Å². The Balaban J connectivity index is 0.000000810. The van der Waals surface area contributed by atoms with E-state index in [1.165, 1.54) is 0 Å². The highest BCUT2D eigenvalue weighted by Crippen LogP contribution is 2.16. The highest BCUT2D eigenvalue weighted by atomic mass is 79.9. The normalized spacial score (nSPS) is 8.60. The van der Waals surface area contributed by atoms with Crippen LogP contribution in [0.5, 0.6) is 0 Å². The van der Waals surface area contributed by atoms with Gasteiger partial charge in [0, 0.05) is 6.20 Å². The van der Waals surface area contributed by atoms with E-state index in [4.69, 9.17) is 5.73 Å². The van der Waals surface area contributed by atoms with Crippen LogP contribution in [0.2, 0.25) is 0 Å². The van der Waals surface area contributed by atoms with Gasteiger partial charge in [-0.25, -0.2) is 4.98 Å². The Morgan fingerprint density at radius 2 is 2.20 bits per heavy atom. The molecular weight excluding hydrogens is 260 g/mol. The third-order valence-electron chi connectivity index (χ3n) is 1.01. The van der Waals surface area contributed by atoms with Gasteiger partial charge in [0.05, 0.1) is 4.47 Å². The van der Waals surface area contributed by atoms with Gasteiger partial charge >= 0.3 is 0 Å². The van der Waals surface area contributed by atoms with Gasteiger partial charge in [0.15, 0.2) is 0 Å². The van der Waals surface area contributed by atoms with Crippen molar-refractivity contribution in [2.24, 2.45) is 0 Å². The molecule has 10 heavy (non-hydrogen) atoms. The molecule has 1 aromatic rings. The fourth-order valence-corrected chi connectivity index (χ4v) is 1.01. The maximum atomic E-state index is 5.43. The Morgan fingerprint density at radius 1 is 1.60 bits per heavy atom. The number of aromatic nitrogens is 1. The van der Waals surface area contributed by atoms with Crippen molar-refractivity contribution >= 4 is 38.7 Å². The Bertz CT molecular complexity index is 225. The predicted molar refractivity (Wildman–Crippen MR) is 51.4 cm³/mol. The average molecular weight is 268 g/mol. The Labute approximate surface area is 78.7 Å². The second-order valence-corrected chi connectivity index (χ2v) is 2.73. The summed E-state index contributed by atoms with van der Waals surface area (Å²) in [5.74, 6) is 0.542. The van der Waals surface area contributed by atoms with Gasteiger partial charge in [-0.05, 0) is 34.5 Å². The molecule has 0 radical (unpaired) electrons. The van der Waals surface area contributed by atoms with Crippen LogP contribution in [0.15, 0.2) is 16.7 Å². The summed E-state index contributed by atoms with van der Waals surface area (Å²) in [5.41, 5.74) is 6.54. The molecule has 0 aliphatic carbocycles. The van der Waals surface area contributed by atoms with Crippen LogP contribution in [-0.4, -0.2) is 4.98 Å². The molecular formula is C6H8Br2N2. The fraction of sp³-hybridized carbons (Fsp3) is 0.167. The zero-order valence-corrected chi connectivity index (χ0v) is 8.76. The first-order chi connectivity index (χ1) is 4.20. The molecule has 2 N–H and O–H groups in total. The molecule has 0 aromatic carbocycles. The van der Waals surface area contributed by atoms with Crippen molar-refractivity contribution in [3.05, 3.63) is 22.3 Å². The molecule has 0 spiro atoms. The SMILES string of the molecule is Br.Cc1cnc(N)c(Br)c1. The van der Waals surface area contributed by atoms with E-state index in [9.17, 15) is 0 Å². The van der Waals surface area contributed by atoms with E-state index in [-0.39, 0.29) is 17.0 Å². The maximum absolute atomic E-state index is 5.43. The minimum Gasteiger partial charge on any atom is -0.383 e. The lowest BCUT2D eigenvalue weighted by atomic mass is 10.3. The molecule has 4 heteroatoms. The lowest BCUT2D eigenvalue weighted by Crippen LogP contribution is -1.90. The Morgan fingerprint density at radius 3 is 2.60 bits per heavy atom. The number of pyridine rings is 1. The molecule has 0 amide bonds. The quantitative estimate of drug-likeness (QED) is 0.784. The molecule has 0 aliphatic rings. The highest BCUT2D eigenvalue weighted by molar-refractivity contribution is 9.10. The van der Waals surface area contributed by atoms with Crippen LogP contribution in [0, 0.1) is 6.92 Å². The predicted octanol–water partition coefficient (Wildman–Crippen LogP) is 2.31. The minimum absolute atomic E-state index is 0. The molecule has 1 aromatic heterocycles. The minimum atomic E-state index is 0. The first-order valence-electron chi connectivity index (χ1n) is 2.58. The van der Waals surface area contributed by atoms with Crippen molar-refractivity contribution in [3.8, 4) is 0 Å². The molecule has 0 unspecified atom stereocenters. The zero-order chi connectivity index (χ0) is 6.85. The van der Waals surface area contributed by atoms with Crippen LogP contribution in [0.4, 0.5) is 5.82 Å². The van der Waals surface area contributed by atoms with Gasteiger partial charge in [0.2, 0.25) is 0 Å². The van der Waals surface area contributed by atoms with Gasteiger partial charge in [0.1, 0.15) is 5.82 Å². The summed E-state index contributed by atoms with van der Waals surface area (Å²) in [4.78, 5) is 3.91. The zero-order valence-electron chi connectivity index (χ0n) is 5.47. The van der Waals surface area contributed by atoms with Crippen LogP contribution in [0.1, 0.15) is 5.56 Å². The first kappa shape index (κ1) is 9.91. The molecule has 0 aliphatic heterocycles. The van der Waals surface area contributed by atoms with E-state index in [2.05, 4.69) is 20.9 Å². The summed E-state index contributed by atoms with van der Waals surface area (Å²) in [5, 5.41) is 0. The van der Waals surface area contributed by atoms with Crippen molar-refractivity contribution in [1.82, 2.24) is 4.98 Å². The summed E-state index contributed by atoms with van der Waals surface area (Å²) in [6.07, 6.45) is 1.74. The molecule has 1 heterocycles. The number of halogens is 2. The fourth-order valence-electron chi connectivity index (χ4n) is 0.544. The van der Waals surface area contributed by atoms with Crippen molar-refractivity contribution in [2.75, 3.05) is 5.73 Å². The van der Waals surface area contributed by atoms with E-state index in [1.807, 2.05) is 13.0 Å². The van der Waals surface area contributed by atoms with Crippen LogP contribution < -0.4 is 5.73 Å². The number of hydrogen-bond acceptors (Lipinski definition) is 2. The molecule has 0 fully saturated rings. The van der Waals surface area contributed by atoms with Crippen molar-refractivity contribution in [2.45, 2.75) is 6.92 Å². The molecule has 1 rings (SSSR count). The molecule has 0 saturated heterocycles. The number of nitrogens with zero attached hydrogens (tertiary/aromatic N) is 1. The van der Waals surface area contributed by atoms with Crippen LogP contribution in [-0.2, 0) is 0 Å². The van der Waals surface area contributed by atoms with E-state index >= 15 is 0 Å². The first-order valence-corrected chi connectivity index (χ1v) is 3.37. The van der Waals surface area contributed by atoms with Gasteiger partial charge in [-0.2, -0.15) is 0 Å². The van der Waals surface area contributed by atoms with E-state index in [1.54, 1.807) is 6.20 Å². The van der Waals surface area contributed by atoms with Crippen molar-refractivity contribution < 1.29 is 0 Å². The van der Waals surface area contributed by atoms with Gasteiger partial charge in [-0.15, -0.1) is 17.0 Å². The van der Waals surface area contributed by atoms with Crippen molar-refractivity contribution in [3.63, 3.8) is 0 Å². The largest absolute Gasteiger partial charge is 0.383 e. The number of hydrogen-bond donors (Lipinski definition) is 1. The standard InChI is InChI=1S/C6H7BrN2.BrH/c1-4-2-5(7)6(8)9-3-4;/h2-3H,1H3,(H2,8,9);1H. The number of aryl methyl sites for hydroxylation is 1. The number of anilines is 1. The van der Waals surface area contributed by atoms with Gasteiger partial charge in [-0.1, -0.05) is 0 Å². The molecule has 2 nitrogen and oxygen atoms in total. The van der Waals surface area contributed by atoms with Gasteiger partial charge < -0.3 is 5.73 Å². The summed E-state index contributed by atoms with van der Waals surface area (Å²) >= 11 is 3.26. The average Bonchev–Trinajstić information content (AvgIpc) is 1.80. The molecule has 0 atom stereocenters. The maximum Gasteiger partial charge on any atom is 0.137 e. The lowest BCUT2D eigenvalue weighted by Gasteiger charge is -1.95. The van der Waals surface area contributed by atoms with Crippen LogP contribution in [0.25, 0.3) is 0 Å². The summed E-state index contributed by atoms with van der Waals surface area (Å²) in [6, 6.07) is 1.93. The summed E-state index contributed by atoms with van der Waals surface area (Å²) in [6.45, 7) is 1.97. The second-order valence-electron chi connectivity index (χ2n) is 1.88. The lowest BCUT2D eigenvalue weighted by molar-refractivity contribution is 1.26. The smallest absolute Gasteiger partial charge is 0.137 e. The summed E-state index contributed by atoms with van der Waals surface area (Å²) in [7, 11) is 0. The monoisotopic (exact) mass is 266 g/mol. The Hall–Kier alpha value is -0.0900. The number of nitrogen functional groups attached to an aromatic ring is 1. The second kappa shape index (κ2) is 3.93. The van der Waals surface area contributed by atoms with Crippen LogP contribution >= 0.6 is 32.9 Å². The Kier molecular flexibility index (Phi) is 3.89. The van der Waals surface area contributed by atoms with E-state index in [0.717, 1.165) is 10.0 Å². The van der Waals surface area contributed by atoms with Gasteiger partial charge in [0.25, 0.3) is 0 Å². The van der Waals surface area contributed by atoms with Crippen molar-refractivity contribution in [1.29, 1.82) is 0 Å². The molecule has 56 valence electrons. The third kappa shape index (κ3) is 2.27. The third-order valence-corrected chi connectivity index (χ3v) is 1.64. The molecule has 0 saturated carbocycles. The molecule has 0 bridgehead atoms. The van der Waals surface area contributed by atoms with E-state index < -0.39 is 0 Å².